The van der Waals surface area contributed by atoms with Crippen LogP contribution < -0.4 is 0 Å². The van der Waals surface area contributed by atoms with E-state index in [1.807, 2.05) is 65.8 Å². The molecule has 0 bridgehead atoms. The Bertz CT molecular complexity index is 831. The molecular formula is C21H22N2O2. The van der Waals surface area contributed by atoms with Crippen molar-refractivity contribution >= 4 is 17.3 Å². The average Bonchev–Trinajstić information content (AvgIpc) is 2.45. The molecule has 0 aliphatic rings. The molecule has 0 aliphatic heterocycles. The lowest BCUT2D eigenvalue weighted by molar-refractivity contribution is -0.00702. The van der Waals surface area contributed by atoms with Crippen molar-refractivity contribution in [2.75, 3.05) is 0 Å². The van der Waals surface area contributed by atoms with Crippen molar-refractivity contribution in [3.8, 4) is 0 Å². The van der Waals surface area contributed by atoms with E-state index in [0.29, 0.717) is 11.1 Å². The van der Waals surface area contributed by atoms with E-state index < -0.39 is 17.3 Å². The molecule has 0 saturated carbocycles. The maximum atomic E-state index is 12.9. The topological polar surface area (TPSA) is 70.5 Å². The SMILES string of the molecule is Cc1cc(C)c(C(=O)C(=[N+]=[N-])C(=O)c2c(C)cc(C)cc2C)c(C)c1. The molecule has 0 fully saturated rings. The van der Waals surface area contributed by atoms with Crippen LogP contribution in [0.1, 0.15) is 54.1 Å². The van der Waals surface area contributed by atoms with Crippen LogP contribution in [0.2, 0.25) is 0 Å². The summed E-state index contributed by atoms with van der Waals surface area (Å²) < 4.78 is 0. The van der Waals surface area contributed by atoms with Gasteiger partial charge in [0.15, 0.2) is 0 Å². The van der Waals surface area contributed by atoms with Crippen LogP contribution in [0.25, 0.3) is 5.53 Å². The minimum absolute atomic E-state index is 0.411. The maximum Gasteiger partial charge on any atom is 0.410 e. The van der Waals surface area contributed by atoms with Crippen LogP contribution in [0.15, 0.2) is 24.3 Å². The lowest BCUT2D eigenvalue weighted by atomic mass is 9.89. The first-order chi connectivity index (χ1) is 11.7. The number of benzene rings is 2. The summed E-state index contributed by atoms with van der Waals surface area (Å²) in [6, 6.07) is 7.51. The molecule has 4 nitrogen and oxygen atoms in total. The van der Waals surface area contributed by atoms with Crippen molar-refractivity contribution in [1.82, 2.24) is 0 Å². The van der Waals surface area contributed by atoms with Crippen LogP contribution in [-0.2, 0) is 0 Å². The average molecular weight is 334 g/mol. The molecular weight excluding hydrogens is 312 g/mol. The van der Waals surface area contributed by atoms with E-state index in [0.717, 1.165) is 33.4 Å². The Hall–Kier alpha value is -2.84. The molecule has 0 aliphatic carbocycles. The highest BCUT2D eigenvalue weighted by atomic mass is 16.2. The lowest BCUT2D eigenvalue weighted by Crippen LogP contribution is -2.28. The van der Waals surface area contributed by atoms with Gasteiger partial charge in [0.1, 0.15) is 0 Å². The Morgan fingerprint density at radius 3 is 1.20 bits per heavy atom. The predicted molar refractivity (Wildman–Crippen MR) is 98.6 cm³/mol. The second-order valence-corrected chi connectivity index (χ2v) is 6.65. The fourth-order valence-electron chi connectivity index (χ4n) is 3.51. The molecule has 0 aromatic heterocycles. The summed E-state index contributed by atoms with van der Waals surface area (Å²) >= 11 is 0. The summed E-state index contributed by atoms with van der Waals surface area (Å²) in [5.41, 5.74) is 14.9. The zero-order valence-electron chi connectivity index (χ0n) is 15.5. The largest absolute Gasteiger partial charge is 0.410 e. The molecule has 0 amide bonds. The van der Waals surface area contributed by atoms with E-state index in [9.17, 15) is 15.1 Å². The van der Waals surface area contributed by atoms with Gasteiger partial charge < -0.3 is 5.53 Å². The van der Waals surface area contributed by atoms with E-state index in [1.165, 1.54) is 0 Å². The third-order valence-electron chi connectivity index (χ3n) is 4.34. The summed E-state index contributed by atoms with van der Waals surface area (Å²) in [7, 11) is 0. The fraction of sp³-hybridized carbons (Fsp3) is 0.286. The molecule has 25 heavy (non-hydrogen) atoms. The number of carbonyl (C=O) groups excluding carboxylic acids is 2. The molecule has 0 heterocycles. The number of rotatable bonds is 4. The van der Waals surface area contributed by atoms with E-state index >= 15 is 0 Å². The predicted octanol–water partition coefficient (Wildman–Crippen LogP) is 4.27. The minimum Gasteiger partial charge on any atom is -0.360 e. The second kappa shape index (κ2) is 6.96. The van der Waals surface area contributed by atoms with Gasteiger partial charge in [0.25, 0.3) is 11.6 Å². The van der Waals surface area contributed by atoms with E-state index in [2.05, 4.69) is 4.79 Å². The van der Waals surface area contributed by atoms with Gasteiger partial charge in [-0.25, -0.2) is 0 Å². The molecule has 2 aromatic rings. The van der Waals surface area contributed by atoms with Crippen LogP contribution in [0.5, 0.6) is 0 Å². The quantitative estimate of drug-likeness (QED) is 0.275. The van der Waals surface area contributed by atoms with Crippen LogP contribution in [0, 0.1) is 41.5 Å². The van der Waals surface area contributed by atoms with Crippen LogP contribution in [0.4, 0.5) is 0 Å². The number of nitrogens with zero attached hydrogens (tertiary/aromatic N) is 2. The molecule has 0 atom stereocenters. The number of aryl methyl sites for hydroxylation is 6. The molecule has 2 aromatic carbocycles. The molecule has 4 heteroatoms. The van der Waals surface area contributed by atoms with Gasteiger partial charge in [0.2, 0.25) is 0 Å². The minimum atomic E-state index is -0.554. The van der Waals surface area contributed by atoms with Gasteiger partial charge in [-0.1, -0.05) is 35.4 Å². The van der Waals surface area contributed by atoms with Crippen molar-refractivity contribution in [3.63, 3.8) is 0 Å². The first-order valence-corrected chi connectivity index (χ1v) is 8.14. The zero-order valence-corrected chi connectivity index (χ0v) is 15.5. The summed E-state index contributed by atoms with van der Waals surface area (Å²) in [6.45, 7) is 11.1. The monoisotopic (exact) mass is 334 g/mol. The first-order valence-electron chi connectivity index (χ1n) is 8.14. The van der Waals surface area contributed by atoms with Gasteiger partial charge in [-0.3, -0.25) is 9.59 Å². The third kappa shape index (κ3) is 3.49. The highest BCUT2D eigenvalue weighted by molar-refractivity contribution is 6.70. The van der Waals surface area contributed by atoms with E-state index in [-0.39, 0.29) is 0 Å². The Labute approximate surface area is 148 Å². The highest BCUT2D eigenvalue weighted by Crippen LogP contribution is 2.21. The van der Waals surface area contributed by atoms with E-state index in [1.54, 1.807) is 0 Å². The Balaban J connectivity index is 2.57. The molecule has 0 N–H and O–H groups in total. The summed E-state index contributed by atoms with van der Waals surface area (Å²) in [6.07, 6.45) is 0. The van der Waals surface area contributed by atoms with Gasteiger partial charge in [0.05, 0.1) is 0 Å². The van der Waals surface area contributed by atoms with Crippen molar-refractivity contribution in [1.29, 1.82) is 0 Å². The van der Waals surface area contributed by atoms with Crippen molar-refractivity contribution < 1.29 is 14.4 Å². The molecule has 128 valence electrons. The van der Waals surface area contributed by atoms with Gasteiger partial charge in [0, 0.05) is 11.1 Å². The standard InChI is InChI=1S/C21H22N2O2/c1-11-7-13(3)17(14(4)8-11)20(24)19(23-22)21(25)18-15(5)9-12(2)10-16(18)6/h7-10H,1-6H3. The van der Waals surface area contributed by atoms with Crippen LogP contribution >= 0.6 is 0 Å². The van der Waals surface area contributed by atoms with Crippen LogP contribution in [-0.4, -0.2) is 22.1 Å². The molecule has 0 unspecified atom stereocenters. The maximum absolute atomic E-state index is 12.9. The third-order valence-corrected chi connectivity index (χ3v) is 4.34. The first kappa shape index (κ1) is 18.5. The zero-order chi connectivity index (χ0) is 18.9. The Morgan fingerprint density at radius 2 is 0.960 bits per heavy atom. The number of Topliss-reactive ketones (excluding diaryl/α,β-unsaturated/α-hetero) is 2. The van der Waals surface area contributed by atoms with Crippen LogP contribution in [0.3, 0.4) is 0 Å². The van der Waals surface area contributed by atoms with E-state index in [4.69, 9.17) is 0 Å². The molecule has 2 rings (SSSR count). The highest BCUT2D eigenvalue weighted by Gasteiger charge is 2.34. The van der Waals surface area contributed by atoms with Gasteiger partial charge in [-0.2, -0.15) is 4.79 Å². The molecule has 0 radical (unpaired) electrons. The molecule has 0 saturated heterocycles. The molecule has 0 spiro atoms. The lowest BCUT2D eigenvalue weighted by Gasteiger charge is -2.10. The van der Waals surface area contributed by atoms with Crippen molar-refractivity contribution in [3.05, 3.63) is 74.3 Å². The Kier molecular flexibility index (Phi) is 5.15. The Morgan fingerprint density at radius 1 is 0.680 bits per heavy atom. The van der Waals surface area contributed by atoms with Gasteiger partial charge in [-0.15, -0.1) is 0 Å². The summed E-state index contributed by atoms with van der Waals surface area (Å²) in [5.74, 6) is -1.11. The number of hydrogen-bond donors (Lipinski definition) is 0. The van der Waals surface area contributed by atoms with Crippen molar-refractivity contribution in [2.24, 2.45) is 0 Å². The van der Waals surface area contributed by atoms with Crippen molar-refractivity contribution in [2.45, 2.75) is 41.5 Å². The number of ketones is 2. The second-order valence-electron chi connectivity index (χ2n) is 6.65. The normalized spacial score (nSPS) is 10.3. The summed E-state index contributed by atoms with van der Waals surface area (Å²) in [4.78, 5) is 28.9. The smallest absolute Gasteiger partial charge is 0.360 e. The van der Waals surface area contributed by atoms with Gasteiger partial charge in [-0.05, 0) is 63.8 Å². The fourth-order valence-corrected chi connectivity index (χ4v) is 3.51. The summed E-state index contributed by atoms with van der Waals surface area (Å²) in [5, 5.41) is 0. The number of hydrogen-bond acceptors (Lipinski definition) is 2. The number of carbonyl (C=O) groups is 2. The van der Waals surface area contributed by atoms with Gasteiger partial charge >= 0.3 is 5.71 Å².